The highest BCUT2D eigenvalue weighted by Crippen LogP contribution is 2.15. The van der Waals surface area contributed by atoms with Crippen LogP contribution in [0, 0.1) is 0 Å². The molecule has 0 amide bonds. The highest BCUT2D eigenvalue weighted by Gasteiger charge is 2.01. The van der Waals surface area contributed by atoms with Crippen LogP contribution in [0.5, 0.6) is 0 Å². The molecule has 4 heteroatoms. The van der Waals surface area contributed by atoms with Crippen LogP contribution in [0.15, 0.2) is 30.7 Å². The van der Waals surface area contributed by atoms with Gasteiger partial charge in [-0.2, -0.15) is 0 Å². The summed E-state index contributed by atoms with van der Waals surface area (Å²) >= 11 is 0. The molecule has 0 aliphatic carbocycles. The molecule has 0 fully saturated rings. The first-order chi connectivity index (χ1) is 6.90. The van der Waals surface area contributed by atoms with Crippen molar-refractivity contribution in [3.05, 3.63) is 36.5 Å². The van der Waals surface area contributed by atoms with Crippen LogP contribution in [0.25, 0.3) is 11.3 Å². The predicted octanol–water partition coefficient (Wildman–Crippen LogP) is 1.01. The first kappa shape index (κ1) is 8.90. The topological polar surface area (TPSA) is 61.8 Å². The van der Waals surface area contributed by atoms with E-state index in [1.54, 1.807) is 18.6 Å². The summed E-state index contributed by atoms with van der Waals surface area (Å²) in [6.45, 7) is 0.114. The van der Waals surface area contributed by atoms with Crippen molar-refractivity contribution in [3.8, 4) is 11.3 Å². The molecule has 0 bridgehead atoms. The van der Waals surface area contributed by atoms with Gasteiger partial charge >= 0.3 is 0 Å². The summed E-state index contributed by atoms with van der Waals surface area (Å²) in [5.74, 6) is 0.805. The van der Waals surface area contributed by atoms with Gasteiger partial charge in [-0.3, -0.25) is 4.98 Å². The Morgan fingerprint density at radius 2 is 2.07 bits per heavy atom. The Balaban J connectivity index is 2.25. The number of aliphatic hydroxyl groups is 1. The Morgan fingerprint density at radius 3 is 2.79 bits per heavy atom. The van der Waals surface area contributed by atoms with E-state index >= 15 is 0 Å². The van der Waals surface area contributed by atoms with Gasteiger partial charge < -0.3 is 10.1 Å². The summed E-state index contributed by atoms with van der Waals surface area (Å²) in [6.07, 6.45) is 5.80. The van der Waals surface area contributed by atoms with Crippen molar-refractivity contribution < 1.29 is 5.11 Å². The van der Waals surface area contributed by atoms with Crippen molar-refractivity contribution in [2.45, 2.75) is 6.42 Å². The number of rotatable bonds is 3. The van der Waals surface area contributed by atoms with Crippen LogP contribution >= 0.6 is 0 Å². The van der Waals surface area contributed by atoms with Crippen LogP contribution < -0.4 is 0 Å². The van der Waals surface area contributed by atoms with Gasteiger partial charge in [0.15, 0.2) is 0 Å². The molecule has 0 aromatic carbocycles. The molecule has 0 unspecified atom stereocenters. The fourth-order valence-corrected chi connectivity index (χ4v) is 1.27. The molecule has 14 heavy (non-hydrogen) atoms. The van der Waals surface area contributed by atoms with Gasteiger partial charge in [-0.1, -0.05) is 0 Å². The average Bonchev–Trinajstić information content (AvgIpc) is 2.68. The Kier molecular flexibility index (Phi) is 2.55. The molecule has 2 aromatic rings. The fraction of sp³-hybridized carbons (Fsp3) is 0.200. The van der Waals surface area contributed by atoms with E-state index in [0.29, 0.717) is 6.42 Å². The third kappa shape index (κ3) is 1.80. The van der Waals surface area contributed by atoms with Crippen molar-refractivity contribution in [1.82, 2.24) is 15.0 Å². The highest BCUT2D eigenvalue weighted by atomic mass is 16.3. The van der Waals surface area contributed by atoms with Crippen molar-refractivity contribution in [3.63, 3.8) is 0 Å². The third-order valence-electron chi connectivity index (χ3n) is 1.97. The fourth-order valence-electron chi connectivity index (χ4n) is 1.27. The van der Waals surface area contributed by atoms with E-state index in [2.05, 4.69) is 15.0 Å². The summed E-state index contributed by atoms with van der Waals surface area (Å²) in [5, 5.41) is 8.73. The number of hydrogen-bond donors (Lipinski definition) is 2. The number of nitrogens with one attached hydrogen (secondary N) is 1. The lowest BCUT2D eigenvalue weighted by Crippen LogP contribution is -1.92. The lowest BCUT2D eigenvalue weighted by atomic mass is 10.2. The van der Waals surface area contributed by atoms with Gasteiger partial charge in [0.1, 0.15) is 5.82 Å². The molecular formula is C10H11N3O. The quantitative estimate of drug-likeness (QED) is 0.757. The number of aromatic amines is 1. The first-order valence-corrected chi connectivity index (χ1v) is 4.45. The molecular weight excluding hydrogens is 178 g/mol. The van der Waals surface area contributed by atoms with E-state index in [1.165, 1.54) is 0 Å². The molecule has 4 nitrogen and oxygen atoms in total. The summed E-state index contributed by atoms with van der Waals surface area (Å²) in [5.41, 5.74) is 2.01. The van der Waals surface area contributed by atoms with Crippen molar-refractivity contribution in [1.29, 1.82) is 0 Å². The largest absolute Gasteiger partial charge is 0.396 e. The maximum atomic E-state index is 8.73. The number of imidazole rings is 1. The van der Waals surface area contributed by atoms with Crippen molar-refractivity contribution in [2.75, 3.05) is 6.61 Å². The standard InChI is InChI=1S/C10H11N3O/c14-6-3-10-12-7-9(13-10)8-1-4-11-5-2-8/h1-2,4-5,7,14H,3,6H2,(H,12,13). The minimum Gasteiger partial charge on any atom is -0.396 e. The second-order valence-corrected chi connectivity index (χ2v) is 2.95. The molecule has 0 aliphatic rings. The number of nitrogens with zero attached hydrogens (tertiary/aromatic N) is 2. The van der Waals surface area contributed by atoms with E-state index in [4.69, 9.17) is 5.11 Å². The van der Waals surface area contributed by atoms with E-state index in [9.17, 15) is 0 Å². The first-order valence-electron chi connectivity index (χ1n) is 4.45. The molecule has 0 saturated carbocycles. The van der Waals surface area contributed by atoms with E-state index in [1.807, 2.05) is 12.1 Å². The maximum absolute atomic E-state index is 8.73. The van der Waals surface area contributed by atoms with Gasteiger partial charge in [0.2, 0.25) is 0 Å². The highest BCUT2D eigenvalue weighted by molar-refractivity contribution is 5.57. The average molecular weight is 189 g/mol. The summed E-state index contributed by atoms with van der Waals surface area (Å²) in [6, 6.07) is 3.83. The summed E-state index contributed by atoms with van der Waals surface area (Å²) in [4.78, 5) is 11.2. The van der Waals surface area contributed by atoms with Crippen molar-refractivity contribution in [2.24, 2.45) is 0 Å². The second kappa shape index (κ2) is 4.02. The Morgan fingerprint density at radius 1 is 1.29 bits per heavy atom. The molecule has 0 aliphatic heterocycles. The van der Waals surface area contributed by atoms with E-state index < -0.39 is 0 Å². The molecule has 2 N–H and O–H groups in total. The minimum atomic E-state index is 0.114. The van der Waals surface area contributed by atoms with Crippen LogP contribution in [0.1, 0.15) is 5.82 Å². The molecule has 2 aromatic heterocycles. The van der Waals surface area contributed by atoms with Gasteiger partial charge in [0, 0.05) is 24.4 Å². The normalized spacial score (nSPS) is 10.4. The van der Waals surface area contributed by atoms with Crippen LogP contribution in [-0.2, 0) is 6.42 Å². The minimum absolute atomic E-state index is 0.114. The Hall–Kier alpha value is -1.68. The zero-order valence-corrected chi connectivity index (χ0v) is 7.64. The monoisotopic (exact) mass is 189 g/mol. The number of aliphatic hydroxyl groups excluding tert-OH is 1. The second-order valence-electron chi connectivity index (χ2n) is 2.95. The summed E-state index contributed by atoms with van der Waals surface area (Å²) in [7, 11) is 0. The molecule has 0 radical (unpaired) electrons. The molecule has 0 spiro atoms. The molecule has 2 heterocycles. The number of H-pyrrole nitrogens is 1. The lowest BCUT2D eigenvalue weighted by Gasteiger charge is -1.94. The zero-order chi connectivity index (χ0) is 9.80. The zero-order valence-electron chi connectivity index (χ0n) is 7.64. The van der Waals surface area contributed by atoms with Gasteiger partial charge in [0.05, 0.1) is 18.5 Å². The maximum Gasteiger partial charge on any atom is 0.108 e. The van der Waals surface area contributed by atoms with Gasteiger partial charge in [-0.15, -0.1) is 0 Å². The number of hydrogen-bond acceptors (Lipinski definition) is 3. The van der Waals surface area contributed by atoms with Crippen LogP contribution in [0.4, 0.5) is 0 Å². The van der Waals surface area contributed by atoms with Gasteiger partial charge in [0.25, 0.3) is 0 Å². The van der Waals surface area contributed by atoms with Crippen LogP contribution in [0.3, 0.4) is 0 Å². The van der Waals surface area contributed by atoms with Crippen LogP contribution in [-0.4, -0.2) is 26.7 Å². The van der Waals surface area contributed by atoms with E-state index in [0.717, 1.165) is 17.1 Å². The molecule has 0 saturated heterocycles. The van der Waals surface area contributed by atoms with Gasteiger partial charge in [-0.25, -0.2) is 4.98 Å². The number of aromatic nitrogens is 3. The Bertz CT molecular complexity index is 397. The van der Waals surface area contributed by atoms with Crippen molar-refractivity contribution >= 4 is 0 Å². The lowest BCUT2D eigenvalue weighted by molar-refractivity contribution is 0.297. The molecule has 72 valence electrons. The SMILES string of the molecule is OCCc1ncc(-c2ccncc2)[nH]1. The summed E-state index contributed by atoms with van der Waals surface area (Å²) < 4.78 is 0. The molecule has 2 rings (SSSR count). The Labute approximate surface area is 81.7 Å². The van der Waals surface area contributed by atoms with E-state index in [-0.39, 0.29) is 6.61 Å². The predicted molar refractivity (Wildman–Crippen MR) is 52.6 cm³/mol. The van der Waals surface area contributed by atoms with Crippen LogP contribution in [0.2, 0.25) is 0 Å². The third-order valence-corrected chi connectivity index (χ3v) is 1.97. The smallest absolute Gasteiger partial charge is 0.108 e. The van der Waals surface area contributed by atoms with Gasteiger partial charge in [-0.05, 0) is 12.1 Å². The molecule has 0 atom stereocenters. The number of pyridine rings is 1.